The first-order chi connectivity index (χ1) is 9.63. The second kappa shape index (κ2) is 4.81. The Labute approximate surface area is 117 Å². The molecule has 0 spiro atoms. The van der Waals surface area contributed by atoms with Crippen LogP contribution in [0, 0.1) is 0 Å². The number of fused-ring (bicyclic) bond motifs is 1. The first-order valence-electron chi connectivity index (χ1n) is 6.97. The summed E-state index contributed by atoms with van der Waals surface area (Å²) >= 11 is 0. The van der Waals surface area contributed by atoms with Gasteiger partial charge >= 0.3 is 0 Å². The van der Waals surface area contributed by atoms with Gasteiger partial charge in [0.25, 0.3) is 0 Å². The molecule has 0 aliphatic carbocycles. The molecule has 5 nitrogen and oxygen atoms in total. The number of benzene rings is 1. The van der Waals surface area contributed by atoms with E-state index in [-0.39, 0.29) is 17.9 Å². The number of carbonyl (C=O) groups excluding carboxylic acids is 2. The molecule has 3 unspecified atom stereocenters. The molecule has 1 aromatic carbocycles. The average Bonchev–Trinajstić information content (AvgIpc) is 2.87. The topological polar surface area (TPSA) is 58.6 Å². The Morgan fingerprint density at radius 2 is 2.10 bits per heavy atom. The van der Waals surface area contributed by atoms with Crippen molar-refractivity contribution in [3.05, 3.63) is 29.8 Å². The minimum absolute atomic E-state index is 0.0232. The van der Waals surface area contributed by atoms with E-state index in [1.165, 1.54) is 0 Å². The lowest BCUT2D eigenvalue weighted by Gasteiger charge is -2.40. The summed E-state index contributed by atoms with van der Waals surface area (Å²) in [7, 11) is 0. The average molecular weight is 274 g/mol. The summed E-state index contributed by atoms with van der Waals surface area (Å²) < 4.78 is 5.64. The summed E-state index contributed by atoms with van der Waals surface area (Å²) in [6, 6.07) is 6.62. The summed E-state index contributed by atoms with van der Waals surface area (Å²) in [6.07, 6.45) is 0.600. The monoisotopic (exact) mass is 274 g/mol. The van der Waals surface area contributed by atoms with Crippen molar-refractivity contribution in [2.24, 2.45) is 0 Å². The van der Waals surface area contributed by atoms with E-state index in [0.29, 0.717) is 13.0 Å². The normalized spacial score (nSPS) is 28.9. The maximum absolute atomic E-state index is 12.6. The molecule has 1 fully saturated rings. The summed E-state index contributed by atoms with van der Waals surface area (Å²) in [5.41, 5.74) is 0.984. The third kappa shape index (κ3) is 1.85. The van der Waals surface area contributed by atoms with Gasteiger partial charge < -0.3 is 15.0 Å². The highest BCUT2D eigenvalue weighted by molar-refractivity contribution is 5.97. The molecule has 106 valence electrons. The second-order valence-electron chi connectivity index (χ2n) is 5.26. The standard InChI is InChI=1S/C15H18N2O3/c1-3-11-15(19)17(9(2)14(18)16-11)12-8-20-13-7-5-4-6-10(12)13/h4-7,9,11-12H,3,8H2,1-2H3,(H,16,18). The second-order valence-corrected chi connectivity index (χ2v) is 5.26. The van der Waals surface area contributed by atoms with Gasteiger partial charge in [0.15, 0.2) is 0 Å². The van der Waals surface area contributed by atoms with Gasteiger partial charge in [-0.15, -0.1) is 0 Å². The Morgan fingerprint density at radius 1 is 1.35 bits per heavy atom. The molecule has 20 heavy (non-hydrogen) atoms. The van der Waals surface area contributed by atoms with Crippen LogP contribution in [-0.4, -0.2) is 35.4 Å². The number of ether oxygens (including phenoxy) is 1. The molecule has 1 N–H and O–H groups in total. The van der Waals surface area contributed by atoms with Crippen molar-refractivity contribution in [2.45, 2.75) is 38.4 Å². The fourth-order valence-corrected chi connectivity index (χ4v) is 2.93. The largest absolute Gasteiger partial charge is 0.491 e. The molecule has 2 heterocycles. The Hall–Kier alpha value is -2.04. The van der Waals surface area contributed by atoms with Gasteiger partial charge in [0.1, 0.15) is 24.4 Å². The van der Waals surface area contributed by atoms with Crippen LogP contribution >= 0.6 is 0 Å². The zero-order valence-corrected chi connectivity index (χ0v) is 11.6. The SMILES string of the molecule is CCC1NC(=O)C(C)N(C2COc3ccccc32)C1=O. The maximum Gasteiger partial charge on any atom is 0.246 e. The first kappa shape index (κ1) is 13.0. The minimum Gasteiger partial charge on any atom is -0.491 e. The van der Waals surface area contributed by atoms with Crippen LogP contribution in [0.5, 0.6) is 5.75 Å². The van der Waals surface area contributed by atoms with Gasteiger partial charge in [0, 0.05) is 5.56 Å². The molecular weight excluding hydrogens is 256 g/mol. The molecule has 1 saturated heterocycles. The van der Waals surface area contributed by atoms with Gasteiger partial charge in [0.2, 0.25) is 11.8 Å². The van der Waals surface area contributed by atoms with Crippen LogP contribution in [0.1, 0.15) is 31.9 Å². The molecule has 1 aromatic rings. The molecular formula is C15H18N2O3. The number of para-hydroxylation sites is 1. The van der Waals surface area contributed by atoms with Crippen LogP contribution in [0.4, 0.5) is 0 Å². The van der Waals surface area contributed by atoms with Crippen molar-refractivity contribution < 1.29 is 14.3 Å². The van der Waals surface area contributed by atoms with Crippen LogP contribution in [0.15, 0.2) is 24.3 Å². The van der Waals surface area contributed by atoms with Gasteiger partial charge in [0.05, 0.1) is 6.04 Å². The number of hydrogen-bond acceptors (Lipinski definition) is 3. The highest BCUT2D eigenvalue weighted by Crippen LogP contribution is 2.37. The minimum atomic E-state index is -0.468. The van der Waals surface area contributed by atoms with Crippen molar-refractivity contribution in [3.63, 3.8) is 0 Å². The van der Waals surface area contributed by atoms with Crippen molar-refractivity contribution in [3.8, 4) is 5.75 Å². The van der Waals surface area contributed by atoms with Crippen molar-refractivity contribution in [1.29, 1.82) is 0 Å². The van der Waals surface area contributed by atoms with Gasteiger partial charge in [-0.1, -0.05) is 25.1 Å². The molecule has 3 atom stereocenters. The van der Waals surface area contributed by atoms with E-state index >= 15 is 0 Å². The molecule has 0 saturated carbocycles. The quantitative estimate of drug-likeness (QED) is 0.883. The number of hydrogen-bond donors (Lipinski definition) is 1. The summed E-state index contributed by atoms with van der Waals surface area (Å²) in [4.78, 5) is 26.3. The molecule has 5 heteroatoms. The third-order valence-corrected chi connectivity index (χ3v) is 4.08. The van der Waals surface area contributed by atoms with E-state index in [1.54, 1.807) is 11.8 Å². The van der Waals surface area contributed by atoms with E-state index in [0.717, 1.165) is 11.3 Å². The Balaban J connectivity index is 1.96. The van der Waals surface area contributed by atoms with Crippen LogP contribution < -0.4 is 10.1 Å². The van der Waals surface area contributed by atoms with Crippen LogP contribution in [0.2, 0.25) is 0 Å². The summed E-state index contributed by atoms with van der Waals surface area (Å²) in [5, 5.41) is 2.77. The lowest BCUT2D eigenvalue weighted by molar-refractivity contribution is -0.151. The Kier molecular flexibility index (Phi) is 3.12. The molecule has 2 amide bonds. The molecule has 2 aliphatic rings. The highest BCUT2D eigenvalue weighted by Gasteiger charge is 2.43. The first-order valence-corrected chi connectivity index (χ1v) is 6.97. The Bertz CT molecular complexity index is 558. The maximum atomic E-state index is 12.6. The number of carbonyl (C=O) groups is 2. The van der Waals surface area contributed by atoms with Crippen molar-refractivity contribution in [1.82, 2.24) is 10.2 Å². The molecule has 3 rings (SSSR count). The van der Waals surface area contributed by atoms with E-state index in [9.17, 15) is 9.59 Å². The third-order valence-electron chi connectivity index (χ3n) is 4.08. The predicted molar refractivity (Wildman–Crippen MR) is 73.2 cm³/mol. The number of piperazine rings is 1. The van der Waals surface area contributed by atoms with E-state index < -0.39 is 12.1 Å². The van der Waals surface area contributed by atoms with E-state index in [1.807, 2.05) is 31.2 Å². The van der Waals surface area contributed by atoms with Crippen molar-refractivity contribution >= 4 is 11.8 Å². The summed E-state index contributed by atoms with van der Waals surface area (Å²) in [5.74, 6) is 0.683. The zero-order chi connectivity index (χ0) is 14.3. The molecule has 0 radical (unpaired) electrons. The van der Waals surface area contributed by atoms with Crippen LogP contribution in [0.3, 0.4) is 0 Å². The van der Waals surface area contributed by atoms with E-state index in [2.05, 4.69) is 5.32 Å². The highest BCUT2D eigenvalue weighted by atomic mass is 16.5. The molecule has 0 aromatic heterocycles. The predicted octanol–water partition coefficient (Wildman–Crippen LogP) is 1.25. The zero-order valence-electron chi connectivity index (χ0n) is 11.6. The smallest absolute Gasteiger partial charge is 0.246 e. The van der Waals surface area contributed by atoms with Gasteiger partial charge in [-0.25, -0.2) is 0 Å². The van der Waals surface area contributed by atoms with E-state index in [4.69, 9.17) is 4.74 Å². The number of rotatable bonds is 2. The fourth-order valence-electron chi connectivity index (χ4n) is 2.93. The molecule has 2 aliphatic heterocycles. The van der Waals surface area contributed by atoms with Gasteiger partial charge in [-0.2, -0.15) is 0 Å². The van der Waals surface area contributed by atoms with Crippen molar-refractivity contribution in [2.75, 3.05) is 6.61 Å². The lowest BCUT2D eigenvalue weighted by Crippen LogP contribution is -2.63. The Morgan fingerprint density at radius 3 is 2.85 bits per heavy atom. The van der Waals surface area contributed by atoms with Crippen LogP contribution in [0.25, 0.3) is 0 Å². The van der Waals surface area contributed by atoms with Gasteiger partial charge in [-0.3, -0.25) is 9.59 Å². The number of nitrogens with one attached hydrogen (secondary N) is 1. The fraction of sp³-hybridized carbons (Fsp3) is 0.467. The number of amides is 2. The number of nitrogens with zero attached hydrogens (tertiary/aromatic N) is 1. The lowest BCUT2D eigenvalue weighted by atomic mass is 10.00. The summed E-state index contributed by atoms with van der Waals surface area (Å²) in [6.45, 7) is 4.08. The van der Waals surface area contributed by atoms with Gasteiger partial charge in [-0.05, 0) is 19.4 Å². The van der Waals surface area contributed by atoms with Crippen LogP contribution in [-0.2, 0) is 9.59 Å². The molecule has 0 bridgehead atoms.